The van der Waals surface area contributed by atoms with Gasteiger partial charge in [-0.1, -0.05) is 57.2 Å². The molecular weight excluding hydrogens is 552 g/mol. The summed E-state index contributed by atoms with van der Waals surface area (Å²) in [5.74, 6) is -0.651. The van der Waals surface area contributed by atoms with Crippen LogP contribution in [0.4, 0.5) is 0 Å². The smallest absolute Gasteiger partial charge is 0.246 e. The number of carbonyl (C=O) groups is 5. The molecule has 5 unspecified atom stereocenters. The Morgan fingerprint density at radius 3 is 2.38 bits per heavy atom. The van der Waals surface area contributed by atoms with E-state index in [-0.39, 0.29) is 35.3 Å². The first kappa shape index (κ1) is 35.2. The fraction of sp³-hybridized carbons (Fsp3) is 0.594. The average Bonchev–Trinajstić information content (AvgIpc) is 3.22. The van der Waals surface area contributed by atoms with Crippen LogP contribution in [-0.4, -0.2) is 76.4 Å². The molecule has 1 saturated heterocycles. The van der Waals surface area contributed by atoms with Crippen LogP contribution in [-0.2, 0) is 30.4 Å². The highest BCUT2D eigenvalue weighted by atomic mass is 32.2. The van der Waals surface area contributed by atoms with Gasteiger partial charge in [0.05, 0.1) is 12.1 Å². The van der Waals surface area contributed by atoms with Crippen LogP contribution in [0.5, 0.6) is 0 Å². The first-order valence-corrected chi connectivity index (χ1v) is 16.2. The van der Waals surface area contributed by atoms with Gasteiger partial charge in [0.1, 0.15) is 12.1 Å². The number of hydrogen-bond donors (Lipinski definition) is 3. The predicted octanol–water partition coefficient (Wildman–Crippen LogP) is 3.20. The molecule has 0 saturated carbocycles. The van der Waals surface area contributed by atoms with Gasteiger partial charge >= 0.3 is 0 Å². The normalized spacial score (nSPS) is 18.8. The Hall–Kier alpha value is -2.98. The number of nitrogens with one attached hydrogen (secondary N) is 2. The topological polar surface area (TPSA) is 139 Å². The van der Waals surface area contributed by atoms with Crippen molar-refractivity contribution in [3.05, 3.63) is 48.0 Å². The third kappa shape index (κ3) is 10.4. The lowest BCUT2D eigenvalue weighted by molar-refractivity contribution is -0.139. The molecule has 4 N–H and O–H groups in total. The summed E-state index contributed by atoms with van der Waals surface area (Å²) in [6.45, 7) is 11.0. The van der Waals surface area contributed by atoms with E-state index in [4.69, 9.17) is 5.73 Å². The van der Waals surface area contributed by atoms with Crippen LogP contribution in [0.25, 0.3) is 0 Å². The van der Waals surface area contributed by atoms with Crippen LogP contribution < -0.4 is 16.4 Å². The molecule has 1 aromatic carbocycles. The lowest BCUT2D eigenvalue weighted by atomic mass is 9.92. The van der Waals surface area contributed by atoms with Gasteiger partial charge in [-0.05, 0) is 62.2 Å². The fourth-order valence-electron chi connectivity index (χ4n) is 5.34. The second kappa shape index (κ2) is 17.2. The highest BCUT2D eigenvalue weighted by Gasteiger charge is 2.44. The Kier molecular flexibility index (Phi) is 14.4. The van der Waals surface area contributed by atoms with E-state index in [0.717, 1.165) is 5.56 Å². The first-order valence-electron chi connectivity index (χ1n) is 14.8. The second-order valence-electron chi connectivity index (χ2n) is 11.5. The Bertz CT molecular complexity index is 1110. The number of hydrogen-bond acceptors (Lipinski definition) is 7. The number of unbranched alkanes of at least 4 members (excludes halogenated alkanes) is 1. The Labute approximate surface area is 254 Å². The predicted molar refractivity (Wildman–Crippen MR) is 168 cm³/mol. The minimum absolute atomic E-state index is 0.0312. The number of rotatable bonds is 18. The molecule has 0 radical (unpaired) electrons. The van der Waals surface area contributed by atoms with E-state index in [1.54, 1.807) is 16.7 Å². The van der Waals surface area contributed by atoms with Gasteiger partial charge in [-0.15, -0.1) is 0 Å². The molecule has 0 spiro atoms. The minimum Gasteiger partial charge on any atom is -0.345 e. The van der Waals surface area contributed by atoms with Crippen LogP contribution in [0.2, 0.25) is 0 Å². The quantitative estimate of drug-likeness (QED) is 0.174. The number of benzene rings is 1. The number of thioether (sulfide) groups is 1. The largest absolute Gasteiger partial charge is 0.345 e. The van der Waals surface area contributed by atoms with E-state index in [1.807, 2.05) is 57.4 Å². The number of amides is 3. The van der Waals surface area contributed by atoms with Crippen molar-refractivity contribution in [1.82, 2.24) is 15.5 Å². The van der Waals surface area contributed by atoms with Crippen molar-refractivity contribution in [3.63, 3.8) is 0 Å². The Balaban J connectivity index is 2.15. The van der Waals surface area contributed by atoms with Gasteiger partial charge in [-0.25, -0.2) is 0 Å². The molecule has 1 aromatic rings. The van der Waals surface area contributed by atoms with E-state index >= 15 is 0 Å². The molecule has 0 aromatic heterocycles. The second-order valence-corrected chi connectivity index (χ2v) is 12.5. The summed E-state index contributed by atoms with van der Waals surface area (Å²) in [6.07, 6.45) is 5.38. The van der Waals surface area contributed by atoms with Gasteiger partial charge in [-0.2, -0.15) is 11.8 Å². The van der Waals surface area contributed by atoms with Crippen molar-refractivity contribution >= 4 is 41.0 Å². The molecule has 1 fully saturated rings. The lowest BCUT2D eigenvalue weighted by Crippen LogP contribution is -2.53. The van der Waals surface area contributed by atoms with Crippen molar-refractivity contribution in [2.24, 2.45) is 11.7 Å². The lowest BCUT2D eigenvalue weighted by Gasteiger charge is -2.31. The zero-order chi connectivity index (χ0) is 31.4. The monoisotopic (exact) mass is 600 g/mol. The molecule has 42 heavy (non-hydrogen) atoms. The van der Waals surface area contributed by atoms with Crippen molar-refractivity contribution in [3.8, 4) is 0 Å². The van der Waals surface area contributed by atoms with E-state index in [2.05, 4.69) is 17.2 Å². The van der Waals surface area contributed by atoms with Gasteiger partial charge in [0.25, 0.3) is 0 Å². The summed E-state index contributed by atoms with van der Waals surface area (Å²) in [5.41, 5.74) is 7.36. The highest BCUT2D eigenvalue weighted by Crippen LogP contribution is 2.27. The zero-order valence-electron chi connectivity index (χ0n) is 25.7. The Morgan fingerprint density at radius 2 is 1.79 bits per heavy atom. The molecule has 1 aliphatic heterocycles. The molecule has 9 nitrogen and oxygen atoms in total. The number of nitrogens with zero attached hydrogens (tertiary/aromatic N) is 1. The summed E-state index contributed by atoms with van der Waals surface area (Å²) < 4.78 is 0. The van der Waals surface area contributed by atoms with Gasteiger partial charge in [0, 0.05) is 25.3 Å². The van der Waals surface area contributed by atoms with E-state index < -0.39 is 30.1 Å². The van der Waals surface area contributed by atoms with Gasteiger partial charge in [0.15, 0.2) is 11.6 Å². The van der Waals surface area contributed by atoms with E-state index in [9.17, 15) is 24.0 Å². The van der Waals surface area contributed by atoms with Crippen molar-refractivity contribution in [1.29, 1.82) is 0 Å². The van der Waals surface area contributed by atoms with Crippen LogP contribution in [0, 0.1) is 5.92 Å². The molecular formula is C32H48N4O5S. The van der Waals surface area contributed by atoms with Crippen LogP contribution in [0.15, 0.2) is 42.5 Å². The standard InChI is InChI=1S/C32H48N4O5S/c1-20(2)29(38)25(33)15-11-10-12-21(3)30(39)28(19-24-13-8-7-9-14-24)36-22(4)18-27(32(36)41)35-31(40)26(16-17-42-6)34-23(5)37/h7-9,13-14,20,22,25-28H,3,10-12,15-19,33H2,1-2,4-6H3,(H,34,37)(H,35,40). The summed E-state index contributed by atoms with van der Waals surface area (Å²) in [6, 6.07) is 6.41. The minimum atomic E-state index is -0.794. The van der Waals surface area contributed by atoms with Crippen LogP contribution >= 0.6 is 11.8 Å². The molecule has 0 aliphatic carbocycles. The number of nitrogens with two attached hydrogens (primary N) is 1. The van der Waals surface area contributed by atoms with Gasteiger partial charge in [-0.3, -0.25) is 24.0 Å². The molecule has 10 heteroatoms. The molecule has 1 aliphatic rings. The third-order valence-corrected chi connectivity index (χ3v) is 8.31. The first-order chi connectivity index (χ1) is 19.9. The number of Topliss-reactive ketones (excluding diaryl/α,β-unsaturated/α-hetero) is 2. The maximum atomic E-state index is 13.8. The SMILES string of the molecule is C=C(CCCCC(N)C(=O)C(C)C)C(=O)C(Cc1ccccc1)N1C(=O)C(NC(=O)C(CCSC)NC(C)=O)CC1C. The van der Waals surface area contributed by atoms with Crippen molar-refractivity contribution in [2.45, 2.75) is 103 Å². The molecule has 232 valence electrons. The summed E-state index contributed by atoms with van der Waals surface area (Å²) in [5, 5.41) is 5.51. The number of ketones is 2. The number of carbonyl (C=O) groups excluding carboxylic acids is 5. The maximum Gasteiger partial charge on any atom is 0.246 e. The van der Waals surface area contributed by atoms with Crippen LogP contribution in [0.1, 0.15) is 71.8 Å². The molecule has 2 rings (SSSR count). The summed E-state index contributed by atoms with van der Waals surface area (Å²) in [4.78, 5) is 66.0. The zero-order valence-corrected chi connectivity index (χ0v) is 26.5. The van der Waals surface area contributed by atoms with E-state index in [0.29, 0.717) is 56.3 Å². The van der Waals surface area contributed by atoms with Gasteiger partial charge < -0.3 is 21.3 Å². The number of likely N-dealkylation sites (tertiary alicyclic amines) is 1. The maximum absolute atomic E-state index is 13.8. The van der Waals surface area contributed by atoms with Crippen LogP contribution in [0.3, 0.4) is 0 Å². The molecule has 1 heterocycles. The highest BCUT2D eigenvalue weighted by molar-refractivity contribution is 7.98. The third-order valence-electron chi connectivity index (χ3n) is 7.66. The average molecular weight is 601 g/mol. The molecule has 5 atom stereocenters. The summed E-state index contributed by atoms with van der Waals surface area (Å²) >= 11 is 1.57. The van der Waals surface area contributed by atoms with Crippen molar-refractivity contribution in [2.75, 3.05) is 12.0 Å². The molecule has 3 amide bonds. The van der Waals surface area contributed by atoms with E-state index in [1.165, 1.54) is 6.92 Å². The Morgan fingerprint density at radius 1 is 1.12 bits per heavy atom. The fourth-order valence-corrected chi connectivity index (χ4v) is 5.81. The molecule has 0 bridgehead atoms. The van der Waals surface area contributed by atoms with Crippen molar-refractivity contribution < 1.29 is 24.0 Å². The van der Waals surface area contributed by atoms with Gasteiger partial charge in [0.2, 0.25) is 17.7 Å². The summed E-state index contributed by atoms with van der Waals surface area (Å²) in [7, 11) is 0.